The summed E-state index contributed by atoms with van der Waals surface area (Å²) < 4.78 is 27.7. The highest BCUT2D eigenvalue weighted by atomic mass is 32.2. The predicted octanol–water partition coefficient (Wildman–Crippen LogP) is 1.07. The highest BCUT2D eigenvalue weighted by Gasteiger charge is 2.24. The van der Waals surface area contributed by atoms with Crippen molar-refractivity contribution in [3.63, 3.8) is 0 Å². The molecule has 1 fully saturated rings. The van der Waals surface area contributed by atoms with Gasteiger partial charge in [0.05, 0.1) is 15.8 Å². The Bertz CT molecular complexity index is 937. The highest BCUT2D eigenvalue weighted by Crippen LogP contribution is 2.25. The van der Waals surface area contributed by atoms with Gasteiger partial charge in [-0.05, 0) is 49.8 Å². The molecule has 0 radical (unpaired) electrons. The molecular weight excluding hydrogens is 318 g/mol. The van der Waals surface area contributed by atoms with Crippen molar-refractivity contribution in [3.8, 4) is 0 Å². The Morgan fingerprint density at radius 2 is 1.78 bits per heavy atom. The first-order valence-corrected chi connectivity index (χ1v) is 9.12. The summed E-state index contributed by atoms with van der Waals surface area (Å²) in [5, 5.41) is 0.143. The van der Waals surface area contributed by atoms with E-state index in [-0.39, 0.29) is 16.3 Å². The lowest BCUT2D eigenvalue weighted by Crippen LogP contribution is -2.37. The van der Waals surface area contributed by atoms with E-state index in [1.807, 2.05) is 0 Å². The van der Waals surface area contributed by atoms with Crippen molar-refractivity contribution >= 4 is 20.9 Å². The fraction of sp³-hybridized carbons (Fsp3) is 0.467. The van der Waals surface area contributed by atoms with Gasteiger partial charge in [-0.2, -0.15) is 0 Å². The van der Waals surface area contributed by atoms with E-state index in [2.05, 4.69) is 21.6 Å². The smallest absolute Gasteiger partial charge is 0.307 e. The normalized spacial score (nSPS) is 22.3. The standard InChI is InChI=1S/C15H19N3O4S/c1-9-2-4-10(5-3-9)18-23(21,22)11-6-7-13-12(8-11)14(19)17-15(20)16-13/h6-10,18H,2-5H2,1H3,(H2,16,17,19,20). The molecule has 0 atom stereocenters. The van der Waals surface area contributed by atoms with Gasteiger partial charge in [-0.25, -0.2) is 17.9 Å². The van der Waals surface area contributed by atoms with Gasteiger partial charge in [0.1, 0.15) is 0 Å². The van der Waals surface area contributed by atoms with Crippen LogP contribution in [0.25, 0.3) is 10.9 Å². The Morgan fingerprint density at radius 3 is 2.48 bits per heavy atom. The maximum absolute atomic E-state index is 12.5. The monoisotopic (exact) mass is 337 g/mol. The van der Waals surface area contributed by atoms with Crippen molar-refractivity contribution in [1.29, 1.82) is 0 Å². The largest absolute Gasteiger partial charge is 0.326 e. The van der Waals surface area contributed by atoms with Crippen LogP contribution in [0.1, 0.15) is 32.6 Å². The molecule has 0 aliphatic heterocycles. The maximum Gasteiger partial charge on any atom is 0.326 e. The summed E-state index contributed by atoms with van der Waals surface area (Å²) >= 11 is 0. The van der Waals surface area contributed by atoms with Crippen LogP contribution in [0.15, 0.2) is 32.7 Å². The molecule has 0 saturated heterocycles. The molecule has 7 nitrogen and oxygen atoms in total. The van der Waals surface area contributed by atoms with Crippen molar-refractivity contribution in [2.45, 2.75) is 43.5 Å². The van der Waals surface area contributed by atoms with Crippen LogP contribution >= 0.6 is 0 Å². The molecule has 1 aliphatic rings. The van der Waals surface area contributed by atoms with E-state index in [0.29, 0.717) is 11.4 Å². The third kappa shape index (κ3) is 3.37. The van der Waals surface area contributed by atoms with Gasteiger partial charge in [0.2, 0.25) is 10.0 Å². The first-order valence-electron chi connectivity index (χ1n) is 7.64. The van der Waals surface area contributed by atoms with Crippen LogP contribution in [0.3, 0.4) is 0 Å². The van der Waals surface area contributed by atoms with Crippen molar-refractivity contribution in [1.82, 2.24) is 14.7 Å². The summed E-state index contributed by atoms with van der Waals surface area (Å²) in [6, 6.07) is 4.05. The van der Waals surface area contributed by atoms with E-state index in [0.717, 1.165) is 25.7 Å². The molecule has 0 amide bonds. The Hall–Kier alpha value is -1.93. The maximum atomic E-state index is 12.5. The minimum absolute atomic E-state index is 0.0289. The van der Waals surface area contributed by atoms with Gasteiger partial charge in [-0.3, -0.25) is 9.78 Å². The van der Waals surface area contributed by atoms with E-state index < -0.39 is 21.3 Å². The lowest BCUT2D eigenvalue weighted by atomic mass is 9.88. The predicted molar refractivity (Wildman–Crippen MR) is 86.9 cm³/mol. The number of sulfonamides is 1. The molecule has 8 heteroatoms. The number of hydrogen-bond donors (Lipinski definition) is 3. The Labute approximate surface area is 133 Å². The van der Waals surface area contributed by atoms with Crippen LogP contribution in [0.5, 0.6) is 0 Å². The van der Waals surface area contributed by atoms with Gasteiger partial charge in [-0.1, -0.05) is 6.92 Å². The molecule has 23 heavy (non-hydrogen) atoms. The van der Waals surface area contributed by atoms with Crippen LogP contribution in [-0.2, 0) is 10.0 Å². The fourth-order valence-corrected chi connectivity index (χ4v) is 4.31. The van der Waals surface area contributed by atoms with E-state index in [1.54, 1.807) is 0 Å². The number of H-pyrrole nitrogens is 2. The second-order valence-electron chi connectivity index (χ2n) is 6.19. The lowest BCUT2D eigenvalue weighted by molar-refractivity contribution is 0.332. The number of benzene rings is 1. The highest BCUT2D eigenvalue weighted by molar-refractivity contribution is 7.89. The van der Waals surface area contributed by atoms with E-state index >= 15 is 0 Å². The quantitative estimate of drug-likeness (QED) is 0.778. The zero-order valence-electron chi connectivity index (χ0n) is 12.8. The fourth-order valence-electron chi connectivity index (χ4n) is 2.98. The number of rotatable bonds is 3. The average molecular weight is 337 g/mol. The number of aromatic amines is 2. The summed E-state index contributed by atoms with van der Waals surface area (Å²) in [5.41, 5.74) is -0.913. The molecule has 0 unspecified atom stereocenters. The first kappa shape index (κ1) is 15.9. The lowest BCUT2D eigenvalue weighted by Gasteiger charge is -2.26. The third-order valence-corrected chi connectivity index (χ3v) is 5.88. The molecule has 0 bridgehead atoms. The zero-order valence-corrected chi connectivity index (χ0v) is 13.6. The number of fused-ring (bicyclic) bond motifs is 1. The van der Waals surface area contributed by atoms with Gasteiger partial charge < -0.3 is 4.98 Å². The van der Waals surface area contributed by atoms with Crippen molar-refractivity contribution in [2.75, 3.05) is 0 Å². The third-order valence-electron chi connectivity index (χ3n) is 4.36. The van der Waals surface area contributed by atoms with Crippen molar-refractivity contribution in [2.24, 2.45) is 5.92 Å². The molecule has 1 saturated carbocycles. The molecule has 0 spiro atoms. The van der Waals surface area contributed by atoms with Crippen molar-refractivity contribution in [3.05, 3.63) is 39.0 Å². The van der Waals surface area contributed by atoms with E-state index in [9.17, 15) is 18.0 Å². The number of nitrogens with one attached hydrogen (secondary N) is 3. The molecule has 1 aromatic carbocycles. The summed E-state index contributed by atoms with van der Waals surface area (Å²) in [4.78, 5) is 27.6. The van der Waals surface area contributed by atoms with Crippen LogP contribution in [-0.4, -0.2) is 24.4 Å². The zero-order chi connectivity index (χ0) is 16.6. The summed E-state index contributed by atoms with van der Waals surface area (Å²) in [6.07, 6.45) is 3.65. The Kier molecular flexibility index (Phi) is 4.11. The molecule has 3 N–H and O–H groups in total. The van der Waals surface area contributed by atoms with Crippen LogP contribution < -0.4 is 16.0 Å². The number of hydrogen-bond acceptors (Lipinski definition) is 4. The minimum Gasteiger partial charge on any atom is -0.307 e. The first-order chi connectivity index (χ1) is 10.8. The van der Waals surface area contributed by atoms with Gasteiger partial charge in [0.25, 0.3) is 5.56 Å². The molecule has 1 heterocycles. The van der Waals surface area contributed by atoms with Gasteiger partial charge in [0, 0.05) is 6.04 Å². The Balaban J connectivity index is 1.92. The van der Waals surface area contributed by atoms with Gasteiger partial charge >= 0.3 is 5.69 Å². The molecule has 3 rings (SSSR count). The molecular formula is C15H19N3O4S. The molecule has 124 valence electrons. The van der Waals surface area contributed by atoms with Gasteiger partial charge in [-0.15, -0.1) is 0 Å². The SMILES string of the molecule is CC1CCC(NS(=O)(=O)c2ccc3[nH]c(=O)[nH]c(=O)c3c2)CC1. The van der Waals surface area contributed by atoms with Crippen LogP contribution in [0.2, 0.25) is 0 Å². The summed E-state index contributed by atoms with van der Waals surface area (Å²) in [7, 11) is -3.69. The van der Waals surface area contributed by atoms with Crippen LogP contribution in [0, 0.1) is 5.92 Å². The molecule has 1 aromatic heterocycles. The van der Waals surface area contributed by atoms with E-state index in [1.165, 1.54) is 18.2 Å². The summed E-state index contributed by atoms with van der Waals surface area (Å²) in [5.74, 6) is 0.631. The average Bonchev–Trinajstić information content (AvgIpc) is 2.49. The minimum atomic E-state index is -3.69. The van der Waals surface area contributed by atoms with E-state index in [4.69, 9.17) is 0 Å². The van der Waals surface area contributed by atoms with Crippen LogP contribution in [0.4, 0.5) is 0 Å². The van der Waals surface area contributed by atoms with Gasteiger partial charge in [0.15, 0.2) is 0 Å². The Morgan fingerprint density at radius 1 is 1.09 bits per heavy atom. The molecule has 2 aromatic rings. The second-order valence-corrected chi connectivity index (χ2v) is 7.91. The topological polar surface area (TPSA) is 112 Å². The second kappa shape index (κ2) is 5.93. The van der Waals surface area contributed by atoms with Crippen molar-refractivity contribution < 1.29 is 8.42 Å². The number of aromatic nitrogens is 2. The summed E-state index contributed by atoms with van der Waals surface area (Å²) in [6.45, 7) is 2.17. The molecule has 1 aliphatic carbocycles.